The van der Waals surface area contributed by atoms with E-state index in [1.165, 1.54) is 7.11 Å². The number of hydrogen-bond donors (Lipinski definition) is 0. The number of esters is 1. The lowest BCUT2D eigenvalue weighted by Crippen LogP contribution is -2.23. The summed E-state index contributed by atoms with van der Waals surface area (Å²) in [5.74, 6) is -0.401. The van der Waals surface area contributed by atoms with Crippen molar-refractivity contribution in [3.63, 3.8) is 0 Å². The first-order valence-corrected chi connectivity index (χ1v) is 5.29. The van der Waals surface area contributed by atoms with Gasteiger partial charge in [0.25, 0.3) is 0 Å². The molecular formula is C12H20O3. The Bertz CT molecular complexity index is 243. The second-order valence-electron chi connectivity index (χ2n) is 3.65. The minimum Gasteiger partial charge on any atom is -0.469 e. The van der Waals surface area contributed by atoms with Crippen molar-refractivity contribution in [2.75, 3.05) is 7.11 Å². The Morgan fingerprint density at radius 2 is 2.00 bits per heavy atom. The number of allylic oxidation sites excluding steroid dienone is 1. The number of hydrogen-bond acceptors (Lipinski definition) is 3. The van der Waals surface area contributed by atoms with E-state index in [-0.39, 0.29) is 23.6 Å². The number of carbonyl (C=O) groups excluding carboxylic acids is 2. The largest absolute Gasteiger partial charge is 0.469 e. The molecule has 3 nitrogen and oxygen atoms in total. The molecule has 15 heavy (non-hydrogen) atoms. The minimum atomic E-state index is -0.310. The van der Waals surface area contributed by atoms with Gasteiger partial charge >= 0.3 is 5.97 Å². The van der Waals surface area contributed by atoms with E-state index in [0.29, 0.717) is 12.8 Å². The molecule has 0 aliphatic heterocycles. The number of carbonyl (C=O) groups is 2. The molecule has 0 aromatic carbocycles. The van der Waals surface area contributed by atoms with E-state index in [0.717, 1.165) is 0 Å². The molecule has 0 radical (unpaired) electrons. The van der Waals surface area contributed by atoms with Crippen molar-refractivity contribution in [2.45, 2.75) is 33.6 Å². The molecule has 0 heterocycles. The molecule has 0 aliphatic rings. The molecule has 0 unspecified atom stereocenters. The van der Waals surface area contributed by atoms with Gasteiger partial charge in [0, 0.05) is 12.8 Å². The number of ether oxygens (including phenoxy) is 1. The van der Waals surface area contributed by atoms with Crippen LogP contribution in [0.15, 0.2) is 12.2 Å². The highest BCUT2D eigenvalue weighted by Gasteiger charge is 2.24. The molecule has 0 rings (SSSR count). The van der Waals surface area contributed by atoms with Crippen LogP contribution in [-0.2, 0) is 14.3 Å². The lowest BCUT2D eigenvalue weighted by atomic mass is 9.89. The third kappa shape index (κ3) is 4.77. The van der Waals surface area contributed by atoms with Gasteiger partial charge in [0.2, 0.25) is 0 Å². The predicted octanol–water partition coefficient (Wildman–Crippen LogP) is 2.36. The molecule has 0 aliphatic carbocycles. The Morgan fingerprint density at radius 1 is 1.40 bits per heavy atom. The van der Waals surface area contributed by atoms with Gasteiger partial charge < -0.3 is 4.74 Å². The van der Waals surface area contributed by atoms with Crippen LogP contribution in [0.3, 0.4) is 0 Å². The summed E-state index contributed by atoms with van der Waals surface area (Å²) in [7, 11) is 1.37. The first kappa shape index (κ1) is 13.9. The van der Waals surface area contributed by atoms with Crippen LogP contribution < -0.4 is 0 Å². The van der Waals surface area contributed by atoms with E-state index >= 15 is 0 Å². The second kappa shape index (κ2) is 7.21. The molecule has 0 aromatic heterocycles. The zero-order valence-electron chi connectivity index (χ0n) is 9.95. The minimum absolute atomic E-state index is 0.00102. The summed E-state index contributed by atoms with van der Waals surface area (Å²) >= 11 is 0. The highest BCUT2D eigenvalue weighted by Crippen LogP contribution is 2.19. The average molecular weight is 212 g/mol. The SMILES string of the molecule is C/C=C/[C@@H](C(=O)OC)[C@H](C)CC(=O)CC. The average Bonchev–Trinajstić information content (AvgIpc) is 2.24. The smallest absolute Gasteiger partial charge is 0.312 e. The van der Waals surface area contributed by atoms with Gasteiger partial charge in [0.05, 0.1) is 13.0 Å². The van der Waals surface area contributed by atoms with Crippen LogP contribution in [0.25, 0.3) is 0 Å². The Morgan fingerprint density at radius 3 is 2.40 bits per heavy atom. The molecule has 0 N–H and O–H groups in total. The van der Waals surface area contributed by atoms with E-state index in [1.807, 2.05) is 26.8 Å². The van der Waals surface area contributed by atoms with Crippen molar-refractivity contribution in [3.05, 3.63) is 12.2 Å². The summed E-state index contributed by atoms with van der Waals surface area (Å²) in [4.78, 5) is 22.7. The van der Waals surface area contributed by atoms with Gasteiger partial charge in [-0.05, 0) is 12.8 Å². The molecule has 2 atom stereocenters. The Hall–Kier alpha value is -1.12. The Kier molecular flexibility index (Phi) is 6.67. The third-order valence-corrected chi connectivity index (χ3v) is 2.43. The van der Waals surface area contributed by atoms with Crippen LogP contribution in [0.5, 0.6) is 0 Å². The summed E-state index contributed by atoms with van der Waals surface area (Å²) < 4.78 is 4.70. The van der Waals surface area contributed by atoms with Crippen molar-refractivity contribution in [1.29, 1.82) is 0 Å². The fourth-order valence-corrected chi connectivity index (χ4v) is 1.47. The van der Waals surface area contributed by atoms with E-state index < -0.39 is 0 Å². The molecule has 3 heteroatoms. The highest BCUT2D eigenvalue weighted by molar-refractivity contribution is 5.80. The molecule has 0 saturated carbocycles. The van der Waals surface area contributed by atoms with Crippen molar-refractivity contribution < 1.29 is 14.3 Å². The molecule has 0 amide bonds. The molecule has 86 valence electrons. The number of methoxy groups -OCH3 is 1. The summed E-state index contributed by atoms with van der Waals surface area (Å²) in [6, 6.07) is 0. The van der Waals surface area contributed by atoms with Crippen molar-refractivity contribution in [3.8, 4) is 0 Å². The normalized spacial score (nSPS) is 14.9. The first-order chi connectivity index (χ1) is 7.06. The van der Waals surface area contributed by atoms with Gasteiger partial charge in [0.15, 0.2) is 0 Å². The summed E-state index contributed by atoms with van der Waals surface area (Å²) in [5.41, 5.74) is 0. The number of ketones is 1. The summed E-state index contributed by atoms with van der Waals surface area (Å²) in [5, 5.41) is 0. The molecule has 0 bridgehead atoms. The van der Waals surface area contributed by atoms with Crippen LogP contribution >= 0.6 is 0 Å². The molecule has 0 aromatic rings. The van der Waals surface area contributed by atoms with Crippen LogP contribution in [0.1, 0.15) is 33.6 Å². The predicted molar refractivity (Wildman–Crippen MR) is 59.4 cm³/mol. The van der Waals surface area contributed by atoms with Gasteiger partial charge in [-0.3, -0.25) is 9.59 Å². The molecule has 0 spiro atoms. The van der Waals surface area contributed by atoms with Crippen LogP contribution in [0.4, 0.5) is 0 Å². The van der Waals surface area contributed by atoms with Gasteiger partial charge in [-0.1, -0.05) is 26.0 Å². The number of rotatable bonds is 6. The first-order valence-electron chi connectivity index (χ1n) is 5.29. The van der Waals surface area contributed by atoms with E-state index in [2.05, 4.69) is 0 Å². The fraction of sp³-hybridized carbons (Fsp3) is 0.667. The second-order valence-corrected chi connectivity index (χ2v) is 3.65. The quantitative estimate of drug-likeness (QED) is 0.501. The Balaban J connectivity index is 4.48. The maximum absolute atomic E-state index is 11.4. The van der Waals surface area contributed by atoms with Crippen molar-refractivity contribution in [1.82, 2.24) is 0 Å². The lowest BCUT2D eigenvalue weighted by molar-refractivity contribution is -0.145. The fourth-order valence-electron chi connectivity index (χ4n) is 1.47. The van der Waals surface area contributed by atoms with Crippen LogP contribution in [0.2, 0.25) is 0 Å². The summed E-state index contributed by atoms with van der Waals surface area (Å²) in [6.07, 6.45) is 4.56. The van der Waals surface area contributed by atoms with Crippen LogP contribution in [-0.4, -0.2) is 18.9 Å². The van der Waals surface area contributed by atoms with Gasteiger partial charge in [0.1, 0.15) is 5.78 Å². The van der Waals surface area contributed by atoms with Gasteiger partial charge in [-0.2, -0.15) is 0 Å². The molecule has 0 saturated heterocycles. The van der Waals surface area contributed by atoms with Gasteiger partial charge in [-0.15, -0.1) is 0 Å². The molecular weight excluding hydrogens is 192 g/mol. The van der Waals surface area contributed by atoms with Crippen LogP contribution in [0, 0.1) is 11.8 Å². The topological polar surface area (TPSA) is 43.4 Å². The lowest BCUT2D eigenvalue weighted by Gasteiger charge is -2.17. The Labute approximate surface area is 91.5 Å². The van der Waals surface area contributed by atoms with E-state index in [4.69, 9.17) is 4.74 Å². The summed E-state index contributed by atoms with van der Waals surface area (Å²) in [6.45, 7) is 5.58. The van der Waals surface area contributed by atoms with Gasteiger partial charge in [-0.25, -0.2) is 0 Å². The van der Waals surface area contributed by atoms with E-state index in [1.54, 1.807) is 6.08 Å². The monoisotopic (exact) mass is 212 g/mol. The standard InChI is InChI=1S/C12H20O3/c1-5-7-11(12(14)15-4)9(3)8-10(13)6-2/h5,7,9,11H,6,8H2,1-4H3/b7-5+/t9-,11-/m1/s1. The maximum Gasteiger partial charge on any atom is 0.312 e. The molecule has 0 fully saturated rings. The highest BCUT2D eigenvalue weighted by atomic mass is 16.5. The zero-order chi connectivity index (χ0) is 11.8. The van der Waals surface area contributed by atoms with Crippen molar-refractivity contribution in [2.24, 2.45) is 11.8 Å². The van der Waals surface area contributed by atoms with Crippen molar-refractivity contribution >= 4 is 11.8 Å². The third-order valence-electron chi connectivity index (χ3n) is 2.43. The number of Topliss-reactive ketones (excluding diaryl/α,β-unsaturated/α-hetero) is 1. The maximum atomic E-state index is 11.4. The zero-order valence-corrected chi connectivity index (χ0v) is 9.95. The van der Waals surface area contributed by atoms with E-state index in [9.17, 15) is 9.59 Å².